The van der Waals surface area contributed by atoms with Gasteiger partial charge in [0.2, 0.25) is 6.29 Å². The molecule has 1 aliphatic rings. The first-order valence-corrected chi connectivity index (χ1v) is 4.55. The van der Waals surface area contributed by atoms with E-state index in [1.165, 1.54) is 11.1 Å². The van der Waals surface area contributed by atoms with Crippen LogP contribution in [-0.2, 0) is 17.6 Å². The van der Waals surface area contributed by atoms with Gasteiger partial charge in [0.1, 0.15) is 0 Å². The molecule has 2 heteroatoms. The zero-order valence-corrected chi connectivity index (χ0v) is 7.42. The Labute approximate surface area is 78.0 Å². The van der Waals surface area contributed by atoms with Crippen molar-refractivity contribution in [2.45, 2.75) is 18.9 Å². The summed E-state index contributed by atoms with van der Waals surface area (Å²) in [5.41, 5.74) is 2.82. The molecular weight excluding hydrogens is 162 g/mol. The normalized spacial score (nSPS) is 15.7. The van der Waals surface area contributed by atoms with E-state index in [-0.39, 0.29) is 0 Å². The largest absolute Gasteiger partial charge is 0.306 e. The average Bonchev–Trinajstić information content (AvgIpc) is 2.57. The van der Waals surface area contributed by atoms with Crippen LogP contribution in [0.3, 0.4) is 0 Å². The molecule has 0 aromatic heterocycles. The third-order valence-corrected chi connectivity index (χ3v) is 2.51. The topological polar surface area (TPSA) is 29.1 Å². The molecule has 13 heavy (non-hydrogen) atoms. The summed E-state index contributed by atoms with van der Waals surface area (Å²) >= 11 is 0. The van der Waals surface area contributed by atoms with Crippen LogP contribution in [0.2, 0.25) is 0 Å². The van der Waals surface area contributed by atoms with Gasteiger partial charge >= 0.3 is 0 Å². The predicted molar refractivity (Wildman–Crippen MR) is 51.3 cm³/mol. The molecule has 0 saturated carbocycles. The maximum absolute atomic E-state index is 10.0. The minimum Gasteiger partial charge on any atom is -0.306 e. The smallest absolute Gasteiger partial charge is 0.213 e. The monoisotopic (exact) mass is 174 g/mol. The number of benzene rings is 1. The molecule has 0 spiro atoms. The second-order valence-electron chi connectivity index (χ2n) is 3.40. The molecule has 1 aromatic carbocycles. The summed E-state index contributed by atoms with van der Waals surface area (Å²) in [5.74, 6) is 0. The fourth-order valence-electron chi connectivity index (χ4n) is 1.89. The van der Waals surface area contributed by atoms with Crippen LogP contribution in [0, 0.1) is 0 Å². The van der Waals surface area contributed by atoms with Gasteiger partial charge < -0.3 is 5.32 Å². The van der Waals surface area contributed by atoms with Crippen molar-refractivity contribution in [3.05, 3.63) is 35.4 Å². The first kappa shape index (κ1) is 8.45. The highest BCUT2D eigenvalue weighted by Gasteiger charge is 2.19. The van der Waals surface area contributed by atoms with Crippen LogP contribution < -0.4 is 5.32 Å². The molecule has 0 saturated heterocycles. The lowest BCUT2D eigenvalue weighted by atomic mass is 10.1. The van der Waals surface area contributed by atoms with Crippen LogP contribution in [-0.4, -0.2) is 18.9 Å². The van der Waals surface area contributed by atoms with Gasteiger partial charge in [-0.15, -0.1) is 0 Å². The molecule has 1 radical (unpaired) electrons. The van der Waals surface area contributed by atoms with E-state index >= 15 is 0 Å². The fraction of sp³-hybridized carbons (Fsp3) is 0.364. The summed E-state index contributed by atoms with van der Waals surface area (Å²) in [4.78, 5) is 10.0. The summed E-state index contributed by atoms with van der Waals surface area (Å²) in [5, 5.41) is 3.15. The average molecular weight is 174 g/mol. The van der Waals surface area contributed by atoms with Crippen molar-refractivity contribution >= 4 is 6.29 Å². The Hall–Kier alpha value is -1.15. The van der Waals surface area contributed by atoms with Gasteiger partial charge in [-0.1, -0.05) is 24.3 Å². The van der Waals surface area contributed by atoms with Crippen molar-refractivity contribution in [1.82, 2.24) is 5.32 Å². The number of fused-ring (bicyclic) bond motifs is 1. The number of rotatable bonds is 3. The molecular formula is C11H12NO. The first-order chi connectivity index (χ1) is 6.40. The van der Waals surface area contributed by atoms with Gasteiger partial charge in [0.15, 0.2) is 0 Å². The molecule has 0 heterocycles. The predicted octanol–water partition coefficient (Wildman–Crippen LogP) is 0.853. The van der Waals surface area contributed by atoms with Crippen molar-refractivity contribution in [3.8, 4) is 0 Å². The lowest BCUT2D eigenvalue weighted by Gasteiger charge is -2.07. The van der Waals surface area contributed by atoms with Crippen LogP contribution in [0.5, 0.6) is 0 Å². The minimum absolute atomic E-state index is 0.346. The van der Waals surface area contributed by atoms with E-state index in [2.05, 4.69) is 29.6 Å². The minimum atomic E-state index is 0.346. The fourth-order valence-corrected chi connectivity index (χ4v) is 1.89. The van der Waals surface area contributed by atoms with Crippen LogP contribution in [0.15, 0.2) is 24.3 Å². The molecule has 67 valence electrons. The zero-order valence-electron chi connectivity index (χ0n) is 7.42. The van der Waals surface area contributed by atoms with E-state index < -0.39 is 0 Å². The van der Waals surface area contributed by atoms with Gasteiger partial charge in [-0.05, 0) is 24.0 Å². The van der Waals surface area contributed by atoms with E-state index in [0.717, 1.165) is 12.8 Å². The van der Waals surface area contributed by atoms with Crippen LogP contribution in [0.25, 0.3) is 0 Å². The third-order valence-electron chi connectivity index (χ3n) is 2.51. The van der Waals surface area contributed by atoms with E-state index in [9.17, 15) is 4.79 Å². The van der Waals surface area contributed by atoms with E-state index in [1.54, 1.807) is 0 Å². The molecule has 0 bridgehead atoms. The molecule has 0 atom stereocenters. The molecule has 0 amide bonds. The van der Waals surface area contributed by atoms with Gasteiger partial charge in [0.25, 0.3) is 0 Å². The highest BCUT2D eigenvalue weighted by Crippen LogP contribution is 2.21. The van der Waals surface area contributed by atoms with Gasteiger partial charge in [-0.25, -0.2) is 0 Å². The number of carbonyl (C=O) groups excluding carboxylic acids is 1. The molecule has 2 nitrogen and oxygen atoms in total. The molecule has 0 aliphatic heterocycles. The van der Waals surface area contributed by atoms with Crippen molar-refractivity contribution in [2.75, 3.05) is 6.54 Å². The zero-order chi connectivity index (χ0) is 9.10. The number of nitrogens with one attached hydrogen (secondary N) is 1. The summed E-state index contributed by atoms with van der Waals surface area (Å²) in [7, 11) is 0. The Morgan fingerprint density at radius 2 is 1.92 bits per heavy atom. The number of hydrogen-bond acceptors (Lipinski definition) is 2. The van der Waals surface area contributed by atoms with Gasteiger partial charge in [0, 0.05) is 6.04 Å². The third kappa shape index (κ3) is 1.78. The van der Waals surface area contributed by atoms with Gasteiger partial charge in [0.05, 0.1) is 6.54 Å². The summed E-state index contributed by atoms with van der Waals surface area (Å²) in [6.07, 6.45) is 3.94. The quantitative estimate of drug-likeness (QED) is 0.736. The van der Waals surface area contributed by atoms with E-state index in [1.807, 2.05) is 6.29 Å². The maximum Gasteiger partial charge on any atom is 0.213 e. The SMILES string of the molecule is O=[C]CNC1Cc2ccccc2C1. The van der Waals surface area contributed by atoms with Gasteiger partial charge in [-0.3, -0.25) is 4.79 Å². The molecule has 1 aromatic rings. The van der Waals surface area contributed by atoms with Crippen molar-refractivity contribution in [2.24, 2.45) is 0 Å². The van der Waals surface area contributed by atoms with Crippen LogP contribution in [0.1, 0.15) is 11.1 Å². The summed E-state index contributed by atoms with van der Waals surface area (Å²) in [6, 6.07) is 8.86. The summed E-state index contributed by atoms with van der Waals surface area (Å²) in [6.45, 7) is 0.346. The maximum atomic E-state index is 10.0. The Balaban J connectivity index is 2.01. The molecule has 1 aliphatic carbocycles. The first-order valence-electron chi connectivity index (χ1n) is 4.55. The molecule has 1 N–H and O–H groups in total. The van der Waals surface area contributed by atoms with E-state index in [4.69, 9.17) is 0 Å². The van der Waals surface area contributed by atoms with Crippen LogP contribution >= 0.6 is 0 Å². The second-order valence-corrected chi connectivity index (χ2v) is 3.40. The Kier molecular flexibility index (Phi) is 2.41. The highest BCUT2D eigenvalue weighted by molar-refractivity contribution is 5.53. The number of hydrogen-bond donors (Lipinski definition) is 1. The molecule has 0 unspecified atom stereocenters. The standard InChI is InChI=1S/C11H12NO/c13-6-5-12-11-7-9-3-1-2-4-10(9)8-11/h1-4,11-12H,5,7-8H2. The Morgan fingerprint density at radius 3 is 2.46 bits per heavy atom. The molecule has 2 rings (SSSR count). The van der Waals surface area contributed by atoms with Crippen molar-refractivity contribution in [3.63, 3.8) is 0 Å². The Bertz CT molecular complexity index is 284. The highest BCUT2D eigenvalue weighted by atomic mass is 16.1. The van der Waals surface area contributed by atoms with E-state index in [0.29, 0.717) is 12.6 Å². The van der Waals surface area contributed by atoms with Crippen LogP contribution in [0.4, 0.5) is 0 Å². The van der Waals surface area contributed by atoms with Crippen molar-refractivity contribution < 1.29 is 4.79 Å². The second kappa shape index (κ2) is 3.71. The lowest BCUT2D eigenvalue weighted by Crippen LogP contribution is -2.30. The van der Waals surface area contributed by atoms with Crippen molar-refractivity contribution in [1.29, 1.82) is 0 Å². The summed E-state index contributed by atoms with van der Waals surface area (Å²) < 4.78 is 0. The van der Waals surface area contributed by atoms with Gasteiger partial charge in [-0.2, -0.15) is 0 Å². The Morgan fingerprint density at radius 1 is 1.31 bits per heavy atom. The lowest BCUT2D eigenvalue weighted by molar-refractivity contribution is 0.525. The molecule has 0 fully saturated rings.